The maximum atomic E-state index is 12.2. The van der Waals surface area contributed by atoms with Crippen LogP contribution in [0.4, 0.5) is 0 Å². The zero-order valence-electron chi connectivity index (χ0n) is 13.3. The molecule has 0 aliphatic rings. The molecule has 0 radical (unpaired) electrons. The molecule has 3 heteroatoms. The van der Waals surface area contributed by atoms with Crippen molar-refractivity contribution < 1.29 is 14.3 Å². The average Bonchev–Trinajstić information content (AvgIpc) is 2.53. The van der Waals surface area contributed by atoms with Crippen LogP contribution in [0, 0.1) is 5.92 Å². The van der Waals surface area contributed by atoms with Crippen molar-refractivity contribution in [2.45, 2.75) is 26.7 Å². The number of esters is 1. The normalized spacial score (nSPS) is 12.0. The molecular weight excluding hydrogens is 276 g/mol. The Bertz CT molecular complexity index is 588. The van der Waals surface area contributed by atoms with Gasteiger partial charge in [0.15, 0.2) is 0 Å². The van der Waals surface area contributed by atoms with E-state index < -0.39 is 0 Å². The van der Waals surface area contributed by atoms with Crippen LogP contribution in [0.25, 0.3) is 0 Å². The van der Waals surface area contributed by atoms with Gasteiger partial charge in [-0.25, -0.2) is 0 Å². The second-order valence-corrected chi connectivity index (χ2v) is 5.73. The van der Waals surface area contributed by atoms with Crippen LogP contribution in [-0.2, 0) is 4.79 Å². The van der Waals surface area contributed by atoms with Gasteiger partial charge in [-0.2, -0.15) is 0 Å². The molecule has 2 aromatic carbocycles. The fourth-order valence-electron chi connectivity index (χ4n) is 1.94. The zero-order chi connectivity index (χ0) is 15.9. The minimum absolute atomic E-state index is 0.262. The summed E-state index contributed by atoms with van der Waals surface area (Å²) in [7, 11) is 0. The molecule has 0 amide bonds. The molecule has 116 valence electrons. The predicted molar refractivity (Wildman–Crippen MR) is 87.3 cm³/mol. The number of ether oxygens (including phenoxy) is 2. The maximum absolute atomic E-state index is 12.2. The minimum atomic E-state index is -0.320. The molecule has 0 aliphatic carbocycles. The quantitative estimate of drug-likeness (QED) is 0.584. The maximum Gasteiger partial charge on any atom is 0.318 e. The molecule has 2 aromatic rings. The van der Waals surface area contributed by atoms with E-state index in [1.54, 1.807) is 12.1 Å². The molecule has 0 heterocycles. The Hall–Kier alpha value is -2.29. The molecule has 1 atom stereocenters. The largest absolute Gasteiger partial charge is 0.493 e. The first-order chi connectivity index (χ1) is 10.6. The van der Waals surface area contributed by atoms with Crippen molar-refractivity contribution in [1.82, 2.24) is 0 Å². The fraction of sp³-hybridized carbons (Fsp3) is 0.316. The van der Waals surface area contributed by atoms with Crippen molar-refractivity contribution in [2.75, 3.05) is 6.61 Å². The van der Waals surface area contributed by atoms with E-state index in [1.807, 2.05) is 49.4 Å². The van der Waals surface area contributed by atoms with E-state index in [1.165, 1.54) is 0 Å². The lowest BCUT2D eigenvalue weighted by Gasteiger charge is -2.13. The summed E-state index contributed by atoms with van der Waals surface area (Å²) in [5.41, 5.74) is 0.915. The van der Waals surface area contributed by atoms with Gasteiger partial charge in [-0.05, 0) is 42.7 Å². The number of hydrogen-bond acceptors (Lipinski definition) is 3. The predicted octanol–water partition coefficient (Wildman–Crippen LogP) is 4.43. The van der Waals surface area contributed by atoms with Crippen LogP contribution in [0.15, 0.2) is 54.6 Å². The Morgan fingerprint density at radius 3 is 2.14 bits per heavy atom. The molecule has 0 N–H and O–H groups in total. The average molecular weight is 298 g/mol. The van der Waals surface area contributed by atoms with Crippen LogP contribution in [-0.4, -0.2) is 12.6 Å². The Kier molecular flexibility index (Phi) is 5.59. The third-order valence-electron chi connectivity index (χ3n) is 3.28. The Morgan fingerprint density at radius 1 is 0.909 bits per heavy atom. The summed E-state index contributed by atoms with van der Waals surface area (Å²) in [6.07, 6.45) is 0. The summed E-state index contributed by atoms with van der Waals surface area (Å²) >= 11 is 0. The molecule has 0 bridgehead atoms. The molecule has 2 rings (SSSR count). The third-order valence-corrected chi connectivity index (χ3v) is 3.28. The molecule has 22 heavy (non-hydrogen) atoms. The number of rotatable bonds is 6. The monoisotopic (exact) mass is 298 g/mol. The second-order valence-electron chi connectivity index (χ2n) is 5.73. The summed E-state index contributed by atoms with van der Waals surface area (Å²) in [6, 6.07) is 16.7. The summed E-state index contributed by atoms with van der Waals surface area (Å²) in [5, 5.41) is 0. The summed E-state index contributed by atoms with van der Waals surface area (Å²) in [4.78, 5) is 12.2. The summed E-state index contributed by atoms with van der Waals surface area (Å²) < 4.78 is 11.0. The van der Waals surface area contributed by atoms with Gasteiger partial charge in [0, 0.05) is 0 Å². The van der Waals surface area contributed by atoms with Gasteiger partial charge < -0.3 is 9.47 Å². The Morgan fingerprint density at radius 2 is 1.55 bits per heavy atom. The number of benzene rings is 2. The molecular formula is C19H22O3. The Balaban J connectivity index is 1.97. The van der Waals surface area contributed by atoms with Crippen molar-refractivity contribution in [3.8, 4) is 11.5 Å². The van der Waals surface area contributed by atoms with Gasteiger partial charge in [0.05, 0.1) is 12.5 Å². The first-order valence-corrected chi connectivity index (χ1v) is 7.55. The van der Waals surface area contributed by atoms with Gasteiger partial charge in [0.25, 0.3) is 0 Å². The van der Waals surface area contributed by atoms with Gasteiger partial charge in [0.2, 0.25) is 0 Å². The van der Waals surface area contributed by atoms with Crippen molar-refractivity contribution in [3.05, 3.63) is 60.2 Å². The van der Waals surface area contributed by atoms with Crippen LogP contribution in [0.5, 0.6) is 11.5 Å². The van der Waals surface area contributed by atoms with Gasteiger partial charge in [-0.1, -0.05) is 44.2 Å². The van der Waals surface area contributed by atoms with E-state index in [4.69, 9.17) is 9.47 Å². The number of carbonyl (C=O) groups is 1. The van der Waals surface area contributed by atoms with Gasteiger partial charge in [-0.15, -0.1) is 0 Å². The van der Waals surface area contributed by atoms with Gasteiger partial charge >= 0.3 is 5.97 Å². The molecule has 0 aromatic heterocycles. The van der Waals surface area contributed by atoms with Crippen LogP contribution >= 0.6 is 0 Å². The van der Waals surface area contributed by atoms with E-state index in [0.29, 0.717) is 18.3 Å². The van der Waals surface area contributed by atoms with E-state index in [9.17, 15) is 4.79 Å². The first-order valence-electron chi connectivity index (χ1n) is 7.55. The molecule has 0 saturated carbocycles. The Labute approximate surface area is 131 Å². The van der Waals surface area contributed by atoms with Crippen LogP contribution in [0.1, 0.15) is 32.3 Å². The highest BCUT2D eigenvalue weighted by Gasteiger charge is 2.17. The molecule has 0 aliphatic heterocycles. The van der Waals surface area contributed by atoms with Crippen molar-refractivity contribution in [1.29, 1.82) is 0 Å². The van der Waals surface area contributed by atoms with E-state index in [-0.39, 0.29) is 11.9 Å². The fourth-order valence-corrected chi connectivity index (χ4v) is 1.94. The van der Waals surface area contributed by atoms with E-state index in [0.717, 1.165) is 11.3 Å². The third kappa shape index (κ3) is 4.62. The van der Waals surface area contributed by atoms with Crippen LogP contribution < -0.4 is 9.47 Å². The molecule has 0 fully saturated rings. The highest BCUT2D eigenvalue weighted by Crippen LogP contribution is 2.22. The van der Waals surface area contributed by atoms with Crippen molar-refractivity contribution in [2.24, 2.45) is 5.92 Å². The SMILES string of the molecule is CC(C)COc1ccc(C(C)C(=O)Oc2ccccc2)cc1. The second kappa shape index (κ2) is 7.64. The number of carbonyl (C=O) groups excluding carboxylic acids is 1. The molecule has 1 unspecified atom stereocenters. The summed E-state index contributed by atoms with van der Waals surface area (Å²) in [5.74, 6) is 1.29. The number of hydrogen-bond donors (Lipinski definition) is 0. The van der Waals surface area contributed by atoms with Crippen LogP contribution in [0.3, 0.4) is 0 Å². The van der Waals surface area contributed by atoms with E-state index in [2.05, 4.69) is 13.8 Å². The standard InChI is InChI=1S/C19H22O3/c1-14(2)13-21-17-11-9-16(10-12-17)15(3)19(20)22-18-7-5-4-6-8-18/h4-12,14-15H,13H2,1-3H3. The lowest BCUT2D eigenvalue weighted by atomic mass is 10.0. The van der Waals surface area contributed by atoms with E-state index >= 15 is 0 Å². The molecule has 0 spiro atoms. The molecule has 0 saturated heterocycles. The molecule has 3 nitrogen and oxygen atoms in total. The highest BCUT2D eigenvalue weighted by molar-refractivity contribution is 5.79. The van der Waals surface area contributed by atoms with Crippen molar-refractivity contribution >= 4 is 5.97 Å². The lowest BCUT2D eigenvalue weighted by molar-refractivity contribution is -0.135. The zero-order valence-corrected chi connectivity index (χ0v) is 13.3. The van der Waals surface area contributed by atoms with Gasteiger partial charge in [-0.3, -0.25) is 4.79 Å². The van der Waals surface area contributed by atoms with Crippen LogP contribution in [0.2, 0.25) is 0 Å². The topological polar surface area (TPSA) is 35.5 Å². The highest BCUT2D eigenvalue weighted by atomic mass is 16.5. The minimum Gasteiger partial charge on any atom is -0.493 e. The first kappa shape index (κ1) is 16.1. The number of para-hydroxylation sites is 1. The van der Waals surface area contributed by atoms with Gasteiger partial charge in [0.1, 0.15) is 11.5 Å². The van der Waals surface area contributed by atoms with Crippen molar-refractivity contribution in [3.63, 3.8) is 0 Å². The smallest absolute Gasteiger partial charge is 0.318 e. The lowest BCUT2D eigenvalue weighted by Crippen LogP contribution is -2.16. The summed E-state index contributed by atoms with van der Waals surface area (Å²) in [6.45, 7) is 6.74.